The molecule has 0 aromatic carbocycles. The van der Waals surface area contributed by atoms with E-state index < -0.39 is 0 Å². The lowest BCUT2D eigenvalue weighted by Gasteiger charge is -2.12. The topological polar surface area (TPSA) is 46.2 Å². The van der Waals surface area contributed by atoms with Crippen LogP contribution in [0.2, 0.25) is 0 Å². The molecular formula is C20H35NO. The summed E-state index contributed by atoms with van der Waals surface area (Å²) in [6.45, 7) is 6.71. The Bertz CT molecular complexity index is 366. The Hall–Kier alpha value is -1.12. The van der Waals surface area contributed by atoms with Gasteiger partial charge in [0.1, 0.15) is 0 Å². The first-order valence-electron chi connectivity index (χ1n) is 8.69. The molecular weight excluding hydrogens is 270 g/mol. The maximum absolute atomic E-state index is 8.87. The Balaban J connectivity index is 4.39. The van der Waals surface area contributed by atoms with Crippen molar-refractivity contribution in [3.8, 4) is 0 Å². The van der Waals surface area contributed by atoms with E-state index in [0.29, 0.717) is 12.3 Å². The van der Waals surface area contributed by atoms with Crippen LogP contribution >= 0.6 is 0 Å². The molecule has 0 spiro atoms. The number of hydrogen-bond donors (Lipinski definition) is 2. The van der Waals surface area contributed by atoms with E-state index in [0.717, 1.165) is 32.1 Å². The van der Waals surface area contributed by atoms with Gasteiger partial charge in [-0.3, -0.25) is 0 Å². The maximum atomic E-state index is 8.87. The zero-order valence-corrected chi connectivity index (χ0v) is 14.7. The maximum Gasteiger partial charge on any atom is 0.0445 e. The number of aliphatic hydroxyl groups is 1. The number of hydrogen-bond acceptors (Lipinski definition) is 2. The van der Waals surface area contributed by atoms with Crippen molar-refractivity contribution in [3.63, 3.8) is 0 Å². The number of allylic oxidation sites excluding steroid dienone is 8. The molecule has 0 heterocycles. The summed E-state index contributed by atoms with van der Waals surface area (Å²) in [4.78, 5) is 0. The van der Waals surface area contributed by atoms with Gasteiger partial charge in [0, 0.05) is 12.6 Å². The minimum Gasteiger partial charge on any atom is -0.396 e. The predicted octanol–water partition coefficient (Wildman–Crippen LogP) is 4.92. The molecule has 0 aliphatic rings. The Labute approximate surface area is 137 Å². The van der Waals surface area contributed by atoms with Crippen molar-refractivity contribution in [2.75, 3.05) is 6.61 Å². The first kappa shape index (κ1) is 20.9. The molecule has 0 saturated heterocycles. The Morgan fingerprint density at radius 2 is 1.95 bits per heavy atom. The molecule has 126 valence electrons. The van der Waals surface area contributed by atoms with Crippen molar-refractivity contribution >= 4 is 0 Å². The van der Waals surface area contributed by atoms with Crippen LogP contribution in [0.25, 0.3) is 0 Å². The number of aliphatic hydroxyl groups excluding tert-OH is 1. The van der Waals surface area contributed by atoms with Gasteiger partial charge in [-0.15, -0.1) is 0 Å². The van der Waals surface area contributed by atoms with Crippen molar-refractivity contribution in [2.45, 2.75) is 65.3 Å². The lowest BCUT2D eigenvalue weighted by Crippen LogP contribution is -2.23. The molecule has 2 unspecified atom stereocenters. The van der Waals surface area contributed by atoms with Crippen LogP contribution in [0, 0.1) is 5.92 Å². The number of rotatable bonds is 12. The highest BCUT2D eigenvalue weighted by Crippen LogP contribution is 2.11. The van der Waals surface area contributed by atoms with Crippen LogP contribution in [0.1, 0.15) is 59.3 Å². The molecule has 0 saturated carbocycles. The second kappa shape index (κ2) is 14.8. The van der Waals surface area contributed by atoms with E-state index in [-0.39, 0.29) is 12.6 Å². The van der Waals surface area contributed by atoms with E-state index in [1.54, 1.807) is 0 Å². The van der Waals surface area contributed by atoms with Crippen molar-refractivity contribution in [1.82, 2.24) is 0 Å². The molecule has 3 N–H and O–H groups in total. The van der Waals surface area contributed by atoms with Crippen LogP contribution in [0.5, 0.6) is 0 Å². The van der Waals surface area contributed by atoms with Gasteiger partial charge in [-0.1, -0.05) is 69.7 Å². The van der Waals surface area contributed by atoms with E-state index in [1.165, 1.54) is 5.57 Å². The third kappa shape index (κ3) is 12.6. The average molecular weight is 306 g/mol. The van der Waals surface area contributed by atoms with Gasteiger partial charge in [0.25, 0.3) is 0 Å². The lowest BCUT2D eigenvalue weighted by molar-refractivity contribution is 0.269. The quantitative estimate of drug-likeness (QED) is 0.397. The summed E-state index contributed by atoms with van der Waals surface area (Å²) in [6, 6.07) is 0.0917. The van der Waals surface area contributed by atoms with Crippen LogP contribution in [-0.2, 0) is 0 Å². The van der Waals surface area contributed by atoms with Crippen LogP contribution in [0.3, 0.4) is 0 Å². The van der Waals surface area contributed by atoms with Gasteiger partial charge in [-0.2, -0.15) is 0 Å². The van der Waals surface area contributed by atoms with Gasteiger partial charge < -0.3 is 10.8 Å². The summed E-state index contributed by atoms with van der Waals surface area (Å²) < 4.78 is 0. The summed E-state index contributed by atoms with van der Waals surface area (Å²) in [5, 5.41) is 8.87. The highest BCUT2D eigenvalue weighted by molar-refractivity contribution is 5.24. The van der Waals surface area contributed by atoms with Crippen LogP contribution < -0.4 is 5.73 Å². The molecule has 2 atom stereocenters. The molecule has 0 aliphatic heterocycles. The van der Waals surface area contributed by atoms with Crippen molar-refractivity contribution in [1.29, 1.82) is 0 Å². The minimum atomic E-state index is 0.0917. The SMILES string of the molecule is CC/C=C\C/C=C/C(=C/C=C/C(C)CC(N)CCO)CCC. The van der Waals surface area contributed by atoms with Crippen LogP contribution in [-0.4, -0.2) is 17.8 Å². The Morgan fingerprint density at radius 1 is 1.18 bits per heavy atom. The second-order valence-electron chi connectivity index (χ2n) is 5.88. The molecule has 0 aliphatic carbocycles. The molecule has 0 aromatic heterocycles. The summed E-state index contributed by atoms with van der Waals surface area (Å²) in [5.41, 5.74) is 7.31. The lowest BCUT2D eigenvalue weighted by atomic mass is 9.99. The van der Waals surface area contributed by atoms with E-state index in [1.807, 2.05) is 0 Å². The van der Waals surface area contributed by atoms with E-state index >= 15 is 0 Å². The fourth-order valence-electron chi connectivity index (χ4n) is 2.28. The molecule has 0 bridgehead atoms. The summed E-state index contributed by atoms with van der Waals surface area (Å²) in [5.74, 6) is 0.442. The van der Waals surface area contributed by atoms with Gasteiger partial charge in [0.15, 0.2) is 0 Å². The number of nitrogens with two attached hydrogens (primary N) is 1. The van der Waals surface area contributed by atoms with Gasteiger partial charge in [0.05, 0.1) is 0 Å². The van der Waals surface area contributed by atoms with Crippen molar-refractivity contribution in [3.05, 3.63) is 48.1 Å². The zero-order chi connectivity index (χ0) is 16.6. The standard InChI is InChI=1S/C20H35NO/c1-4-6-7-8-9-13-19(11-5-2)14-10-12-18(3)17-20(21)15-16-22/h6-7,9-10,12-14,18,20,22H,4-5,8,11,15-17,21H2,1-3H3/b7-6-,12-10+,13-9+,19-14+. The van der Waals surface area contributed by atoms with E-state index in [4.69, 9.17) is 10.8 Å². The normalized spacial score (nSPS) is 16.1. The largest absolute Gasteiger partial charge is 0.396 e. The summed E-state index contributed by atoms with van der Waals surface area (Å²) in [6.07, 6.45) is 21.4. The molecule has 0 rings (SSSR count). The first-order chi connectivity index (χ1) is 10.6. The fraction of sp³-hybridized carbons (Fsp3) is 0.600. The minimum absolute atomic E-state index is 0.0917. The van der Waals surface area contributed by atoms with E-state index in [9.17, 15) is 0 Å². The molecule has 0 aromatic rings. The van der Waals surface area contributed by atoms with Crippen molar-refractivity contribution in [2.24, 2.45) is 11.7 Å². The molecule has 0 radical (unpaired) electrons. The molecule has 2 nitrogen and oxygen atoms in total. The van der Waals surface area contributed by atoms with Crippen LogP contribution in [0.4, 0.5) is 0 Å². The van der Waals surface area contributed by atoms with Gasteiger partial charge in [0.2, 0.25) is 0 Å². The fourth-order valence-corrected chi connectivity index (χ4v) is 2.28. The zero-order valence-electron chi connectivity index (χ0n) is 14.7. The average Bonchev–Trinajstić information content (AvgIpc) is 2.47. The summed E-state index contributed by atoms with van der Waals surface area (Å²) >= 11 is 0. The first-order valence-corrected chi connectivity index (χ1v) is 8.69. The smallest absolute Gasteiger partial charge is 0.0445 e. The summed E-state index contributed by atoms with van der Waals surface area (Å²) in [7, 11) is 0. The predicted molar refractivity (Wildman–Crippen MR) is 98.8 cm³/mol. The highest BCUT2D eigenvalue weighted by Gasteiger charge is 2.05. The molecule has 2 heteroatoms. The second-order valence-corrected chi connectivity index (χ2v) is 5.88. The van der Waals surface area contributed by atoms with Crippen LogP contribution in [0.15, 0.2) is 48.1 Å². The van der Waals surface area contributed by atoms with Gasteiger partial charge >= 0.3 is 0 Å². The van der Waals surface area contributed by atoms with E-state index in [2.05, 4.69) is 63.3 Å². The molecule has 0 fully saturated rings. The third-order valence-corrected chi connectivity index (χ3v) is 3.47. The molecule has 22 heavy (non-hydrogen) atoms. The van der Waals surface area contributed by atoms with Gasteiger partial charge in [-0.05, 0) is 43.6 Å². The third-order valence-electron chi connectivity index (χ3n) is 3.47. The van der Waals surface area contributed by atoms with Crippen molar-refractivity contribution < 1.29 is 5.11 Å². The Kier molecular flexibility index (Phi) is 14.0. The molecule has 0 amide bonds. The Morgan fingerprint density at radius 3 is 2.59 bits per heavy atom. The monoisotopic (exact) mass is 305 g/mol. The van der Waals surface area contributed by atoms with Gasteiger partial charge in [-0.25, -0.2) is 0 Å². The highest BCUT2D eigenvalue weighted by atomic mass is 16.3.